The molecular weight excluding hydrogens is 434 g/mol. The molecule has 0 bridgehead atoms. The minimum atomic E-state index is -0.260. The molecule has 1 N–H and O–H groups in total. The fraction of sp³-hybridized carbons (Fsp3) is 0.182. The Kier molecular flexibility index (Phi) is 6.66. The largest absolute Gasteiger partial charge is 0.496 e. The predicted octanol–water partition coefficient (Wildman–Crippen LogP) is 3.03. The molecule has 0 fully saturated rings. The zero-order valence-corrected chi connectivity index (χ0v) is 18.0. The number of benzene rings is 2. The van der Waals surface area contributed by atoms with Crippen molar-refractivity contribution in [3.63, 3.8) is 0 Å². The van der Waals surface area contributed by atoms with Gasteiger partial charge in [0.05, 0.1) is 19.2 Å². The van der Waals surface area contributed by atoms with Crippen molar-refractivity contribution in [2.45, 2.75) is 0 Å². The third kappa shape index (κ3) is 5.06. The summed E-state index contributed by atoms with van der Waals surface area (Å²) >= 11 is 5.82. The number of aromatic nitrogens is 4. The van der Waals surface area contributed by atoms with Gasteiger partial charge >= 0.3 is 0 Å². The van der Waals surface area contributed by atoms with Crippen molar-refractivity contribution in [2.24, 2.45) is 0 Å². The molecule has 164 valence electrons. The fourth-order valence-corrected chi connectivity index (χ4v) is 3.05. The van der Waals surface area contributed by atoms with Gasteiger partial charge in [-0.05, 0) is 42.5 Å². The van der Waals surface area contributed by atoms with E-state index in [4.69, 9.17) is 25.8 Å². The van der Waals surface area contributed by atoms with Gasteiger partial charge in [-0.1, -0.05) is 23.7 Å². The van der Waals surface area contributed by atoms with Crippen LogP contribution in [0.15, 0.2) is 60.7 Å². The summed E-state index contributed by atoms with van der Waals surface area (Å²) in [6.07, 6.45) is 0. The molecule has 0 saturated heterocycles. The Morgan fingerprint density at radius 2 is 1.84 bits per heavy atom. The number of carbonyl (C=O) groups excluding carboxylic acids is 1. The lowest BCUT2D eigenvalue weighted by Gasteiger charge is -2.09. The number of methoxy groups -OCH3 is 1. The molecule has 1 amide bonds. The molecule has 0 aliphatic rings. The summed E-state index contributed by atoms with van der Waals surface area (Å²) in [5.41, 5.74) is 1.34. The van der Waals surface area contributed by atoms with Crippen molar-refractivity contribution in [3.05, 3.63) is 65.7 Å². The Bertz CT molecular complexity index is 1210. The second-order valence-electron chi connectivity index (χ2n) is 6.61. The average molecular weight is 454 g/mol. The molecule has 2 aromatic heterocycles. The van der Waals surface area contributed by atoms with E-state index in [1.807, 2.05) is 24.3 Å². The van der Waals surface area contributed by atoms with Crippen molar-refractivity contribution in [1.82, 2.24) is 25.1 Å². The quantitative estimate of drug-likeness (QED) is 0.389. The lowest BCUT2D eigenvalue weighted by molar-refractivity contribution is -0.123. The van der Waals surface area contributed by atoms with Gasteiger partial charge in [0, 0.05) is 11.1 Å². The molecule has 9 nitrogen and oxygen atoms in total. The van der Waals surface area contributed by atoms with Crippen LogP contribution in [0.2, 0.25) is 5.02 Å². The Hall–Kier alpha value is -3.85. The third-order valence-corrected chi connectivity index (χ3v) is 4.70. The molecule has 2 aromatic carbocycles. The number of halogens is 1. The average Bonchev–Trinajstić information content (AvgIpc) is 3.24. The maximum atomic E-state index is 11.9. The van der Waals surface area contributed by atoms with Crippen molar-refractivity contribution in [3.8, 4) is 28.8 Å². The summed E-state index contributed by atoms with van der Waals surface area (Å²) < 4.78 is 18.1. The number of amides is 1. The summed E-state index contributed by atoms with van der Waals surface area (Å²) in [7, 11) is 1.60. The van der Waals surface area contributed by atoms with Crippen LogP contribution in [0.4, 0.5) is 0 Å². The Balaban J connectivity index is 1.32. The highest BCUT2D eigenvalue weighted by Crippen LogP contribution is 2.28. The zero-order chi connectivity index (χ0) is 22.3. The van der Waals surface area contributed by atoms with E-state index in [2.05, 4.69) is 20.6 Å². The summed E-state index contributed by atoms with van der Waals surface area (Å²) in [5, 5.41) is 16.1. The van der Waals surface area contributed by atoms with Crippen LogP contribution in [-0.4, -0.2) is 52.6 Å². The van der Waals surface area contributed by atoms with Crippen LogP contribution in [0.3, 0.4) is 0 Å². The van der Waals surface area contributed by atoms with Gasteiger partial charge in [0.15, 0.2) is 18.1 Å². The van der Waals surface area contributed by atoms with Crippen LogP contribution in [0, 0.1) is 0 Å². The second kappa shape index (κ2) is 9.97. The molecule has 10 heteroatoms. The predicted molar refractivity (Wildman–Crippen MR) is 118 cm³/mol. The Morgan fingerprint density at radius 1 is 1.03 bits per heavy atom. The van der Waals surface area contributed by atoms with E-state index in [1.165, 1.54) is 0 Å². The normalized spacial score (nSPS) is 10.7. The van der Waals surface area contributed by atoms with Crippen molar-refractivity contribution in [1.29, 1.82) is 0 Å². The highest BCUT2D eigenvalue weighted by atomic mass is 35.5. The van der Waals surface area contributed by atoms with E-state index in [0.29, 0.717) is 40.4 Å². The molecule has 32 heavy (non-hydrogen) atoms. The van der Waals surface area contributed by atoms with E-state index in [9.17, 15) is 4.79 Å². The summed E-state index contributed by atoms with van der Waals surface area (Å²) in [5.74, 6) is 1.89. The first-order chi connectivity index (χ1) is 15.6. The molecule has 4 aromatic rings. The molecule has 0 aliphatic heterocycles. The number of nitrogens with one attached hydrogen (secondary N) is 1. The minimum Gasteiger partial charge on any atom is -0.496 e. The summed E-state index contributed by atoms with van der Waals surface area (Å²) in [6, 6.07) is 17.7. The highest BCUT2D eigenvalue weighted by molar-refractivity contribution is 6.30. The molecular formula is C22H20ClN5O4. The van der Waals surface area contributed by atoms with Crippen LogP contribution in [0.1, 0.15) is 0 Å². The van der Waals surface area contributed by atoms with Gasteiger partial charge in [-0.15, -0.1) is 15.3 Å². The van der Waals surface area contributed by atoms with Gasteiger partial charge in [0.2, 0.25) is 5.88 Å². The van der Waals surface area contributed by atoms with Crippen molar-refractivity contribution < 1.29 is 19.0 Å². The SMILES string of the molecule is COc1ccccc1-c1nnc2ccc(OCCNC(=O)COc3ccc(Cl)cc3)nn12. The number of hydrogen-bond donors (Lipinski definition) is 1. The lowest BCUT2D eigenvalue weighted by atomic mass is 10.2. The van der Waals surface area contributed by atoms with E-state index in [1.54, 1.807) is 48.0 Å². The molecule has 0 spiro atoms. The van der Waals surface area contributed by atoms with Gasteiger partial charge in [-0.25, -0.2) is 0 Å². The molecule has 0 saturated carbocycles. The van der Waals surface area contributed by atoms with E-state index < -0.39 is 0 Å². The Morgan fingerprint density at radius 3 is 2.66 bits per heavy atom. The zero-order valence-electron chi connectivity index (χ0n) is 17.2. The van der Waals surface area contributed by atoms with Crippen LogP contribution in [-0.2, 0) is 4.79 Å². The number of para-hydroxylation sites is 1. The number of carbonyl (C=O) groups is 1. The summed E-state index contributed by atoms with van der Waals surface area (Å²) in [6.45, 7) is 0.427. The first-order valence-corrected chi connectivity index (χ1v) is 10.2. The van der Waals surface area contributed by atoms with Crippen LogP contribution >= 0.6 is 11.6 Å². The molecule has 4 rings (SSSR count). The Labute approximate surface area is 188 Å². The van der Waals surface area contributed by atoms with Crippen LogP contribution in [0.5, 0.6) is 17.4 Å². The van der Waals surface area contributed by atoms with Crippen LogP contribution < -0.4 is 19.5 Å². The van der Waals surface area contributed by atoms with E-state index in [0.717, 1.165) is 5.56 Å². The maximum absolute atomic E-state index is 11.9. The van der Waals surface area contributed by atoms with Gasteiger partial charge < -0.3 is 19.5 Å². The number of hydrogen-bond acceptors (Lipinski definition) is 7. The highest BCUT2D eigenvalue weighted by Gasteiger charge is 2.14. The fourth-order valence-electron chi connectivity index (χ4n) is 2.92. The van der Waals surface area contributed by atoms with Crippen LogP contribution in [0.25, 0.3) is 17.0 Å². The summed E-state index contributed by atoms with van der Waals surface area (Å²) in [4.78, 5) is 11.9. The number of nitrogens with zero attached hydrogens (tertiary/aromatic N) is 4. The first-order valence-electron chi connectivity index (χ1n) is 9.78. The monoisotopic (exact) mass is 453 g/mol. The minimum absolute atomic E-state index is 0.102. The first kappa shape index (κ1) is 21.4. The third-order valence-electron chi connectivity index (χ3n) is 4.44. The topological polar surface area (TPSA) is 99.9 Å². The number of ether oxygens (including phenoxy) is 3. The second-order valence-corrected chi connectivity index (χ2v) is 7.04. The van der Waals surface area contributed by atoms with Gasteiger partial charge in [0.25, 0.3) is 5.91 Å². The van der Waals surface area contributed by atoms with Gasteiger partial charge in [-0.3, -0.25) is 4.79 Å². The number of fused-ring (bicyclic) bond motifs is 1. The molecule has 0 unspecified atom stereocenters. The number of rotatable bonds is 9. The maximum Gasteiger partial charge on any atom is 0.258 e. The molecule has 0 atom stereocenters. The molecule has 2 heterocycles. The van der Waals surface area contributed by atoms with Gasteiger partial charge in [-0.2, -0.15) is 4.52 Å². The van der Waals surface area contributed by atoms with Crippen molar-refractivity contribution in [2.75, 3.05) is 26.9 Å². The smallest absolute Gasteiger partial charge is 0.258 e. The van der Waals surface area contributed by atoms with E-state index >= 15 is 0 Å². The van der Waals surface area contributed by atoms with Gasteiger partial charge in [0.1, 0.15) is 18.1 Å². The van der Waals surface area contributed by atoms with Crippen molar-refractivity contribution >= 4 is 23.2 Å². The lowest BCUT2D eigenvalue weighted by Crippen LogP contribution is -2.32. The molecule has 0 radical (unpaired) electrons. The van der Waals surface area contributed by atoms with E-state index in [-0.39, 0.29) is 19.1 Å². The standard InChI is InChI=1S/C22H20ClN5O4/c1-30-18-5-3-2-4-17(18)22-26-25-19-10-11-21(27-28(19)22)31-13-12-24-20(29)14-32-16-8-6-15(23)7-9-16/h2-11H,12-14H2,1H3,(H,24,29). The molecule has 0 aliphatic carbocycles.